The molecule has 0 bridgehead atoms. The van der Waals surface area contributed by atoms with Gasteiger partial charge in [0.05, 0.1) is 0 Å². The maximum atomic E-state index is 6.27. The Labute approximate surface area is 119 Å². The van der Waals surface area contributed by atoms with Gasteiger partial charge in [-0.15, -0.1) is 0 Å². The van der Waals surface area contributed by atoms with E-state index in [4.69, 9.17) is 23.2 Å². The van der Waals surface area contributed by atoms with Crippen LogP contribution >= 0.6 is 23.2 Å². The molecule has 2 aliphatic carbocycles. The van der Waals surface area contributed by atoms with Crippen molar-refractivity contribution in [2.45, 2.75) is 44.7 Å². The van der Waals surface area contributed by atoms with Crippen molar-refractivity contribution in [3.8, 4) is 0 Å². The van der Waals surface area contributed by atoms with Crippen LogP contribution in [-0.2, 0) is 0 Å². The highest BCUT2D eigenvalue weighted by atomic mass is 35.5. The molecule has 0 saturated heterocycles. The third-order valence-electron chi connectivity index (χ3n) is 4.13. The van der Waals surface area contributed by atoms with E-state index < -0.39 is 0 Å². The molecule has 2 fully saturated rings. The molecule has 3 heteroatoms. The molecular formula is C15H19Cl2N. The maximum absolute atomic E-state index is 6.27. The first-order valence-electron chi connectivity index (χ1n) is 6.86. The van der Waals surface area contributed by atoms with Gasteiger partial charge in [0.15, 0.2) is 0 Å². The lowest BCUT2D eigenvalue weighted by atomic mass is 10.0. The second-order valence-electron chi connectivity index (χ2n) is 5.75. The normalized spacial score (nSPS) is 21.3. The summed E-state index contributed by atoms with van der Waals surface area (Å²) in [6.45, 7) is 2.19. The lowest BCUT2D eigenvalue weighted by Crippen LogP contribution is -2.35. The molecule has 3 rings (SSSR count). The third-order valence-corrected chi connectivity index (χ3v) is 4.71. The van der Waals surface area contributed by atoms with Crippen LogP contribution in [0.5, 0.6) is 0 Å². The van der Waals surface area contributed by atoms with Gasteiger partial charge in [0.25, 0.3) is 0 Å². The number of rotatable bonds is 5. The summed E-state index contributed by atoms with van der Waals surface area (Å²) in [6, 6.07) is 6.69. The van der Waals surface area contributed by atoms with Gasteiger partial charge < -0.3 is 5.32 Å². The standard InChI is InChI=1S/C15H19Cl2N/c1-9(13-8-12(16)6-7-14(13)17)18-15(10-2-3-10)11-4-5-11/h6-11,15,18H,2-5H2,1H3. The van der Waals surface area contributed by atoms with E-state index in [0.29, 0.717) is 6.04 Å². The Morgan fingerprint density at radius 3 is 2.28 bits per heavy atom. The van der Waals surface area contributed by atoms with Crippen molar-refractivity contribution in [3.63, 3.8) is 0 Å². The fourth-order valence-electron chi connectivity index (χ4n) is 2.79. The van der Waals surface area contributed by atoms with E-state index in [0.717, 1.165) is 27.4 Å². The van der Waals surface area contributed by atoms with Crippen LogP contribution in [0.15, 0.2) is 18.2 Å². The Morgan fingerprint density at radius 1 is 1.11 bits per heavy atom. The predicted octanol–water partition coefficient (Wildman–Crippen LogP) is 4.83. The second kappa shape index (κ2) is 5.03. The fourth-order valence-corrected chi connectivity index (χ4v) is 3.25. The molecule has 2 aliphatic rings. The van der Waals surface area contributed by atoms with Gasteiger partial charge in [0.2, 0.25) is 0 Å². The van der Waals surface area contributed by atoms with Gasteiger partial charge in [0, 0.05) is 22.1 Å². The van der Waals surface area contributed by atoms with Crippen LogP contribution in [0.25, 0.3) is 0 Å². The average Bonchev–Trinajstić information content (AvgIpc) is 3.21. The molecule has 1 aromatic carbocycles. The summed E-state index contributed by atoms with van der Waals surface area (Å²) in [4.78, 5) is 0. The van der Waals surface area contributed by atoms with Crippen molar-refractivity contribution >= 4 is 23.2 Å². The molecule has 1 aromatic rings. The van der Waals surface area contributed by atoms with Gasteiger partial charge in [-0.2, -0.15) is 0 Å². The van der Waals surface area contributed by atoms with Gasteiger partial charge in [-0.3, -0.25) is 0 Å². The molecule has 0 aliphatic heterocycles. The van der Waals surface area contributed by atoms with Crippen molar-refractivity contribution in [1.29, 1.82) is 0 Å². The van der Waals surface area contributed by atoms with Crippen LogP contribution in [0, 0.1) is 11.8 Å². The first-order valence-corrected chi connectivity index (χ1v) is 7.61. The maximum Gasteiger partial charge on any atom is 0.0454 e. The van der Waals surface area contributed by atoms with Gasteiger partial charge in [-0.05, 0) is 68.2 Å². The van der Waals surface area contributed by atoms with Gasteiger partial charge in [-0.25, -0.2) is 0 Å². The summed E-state index contributed by atoms with van der Waals surface area (Å²) < 4.78 is 0. The van der Waals surface area contributed by atoms with Crippen LogP contribution in [0.2, 0.25) is 10.0 Å². The molecule has 1 N–H and O–H groups in total. The first kappa shape index (κ1) is 12.8. The Kier molecular flexibility index (Phi) is 3.57. The number of hydrogen-bond acceptors (Lipinski definition) is 1. The van der Waals surface area contributed by atoms with Crippen molar-refractivity contribution in [3.05, 3.63) is 33.8 Å². The molecule has 1 unspecified atom stereocenters. The molecule has 98 valence electrons. The van der Waals surface area contributed by atoms with Crippen molar-refractivity contribution in [2.75, 3.05) is 0 Å². The zero-order chi connectivity index (χ0) is 12.7. The highest BCUT2D eigenvalue weighted by molar-refractivity contribution is 6.33. The van der Waals surface area contributed by atoms with Gasteiger partial charge in [-0.1, -0.05) is 23.2 Å². The Balaban J connectivity index is 1.72. The largest absolute Gasteiger partial charge is 0.307 e. The van der Waals surface area contributed by atoms with E-state index in [1.165, 1.54) is 25.7 Å². The monoisotopic (exact) mass is 283 g/mol. The van der Waals surface area contributed by atoms with Gasteiger partial charge in [0.1, 0.15) is 0 Å². The lowest BCUT2D eigenvalue weighted by Gasteiger charge is -2.24. The third kappa shape index (κ3) is 2.84. The van der Waals surface area contributed by atoms with Crippen LogP contribution in [0.3, 0.4) is 0 Å². The van der Waals surface area contributed by atoms with Crippen molar-refractivity contribution in [1.82, 2.24) is 5.32 Å². The topological polar surface area (TPSA) is 12.0 Å². The predicted molar refractivity (Wildman–Crippen MR) is 77.2 cm³/mol. The SMILES string of the molecule is CC(NC(C1CC1)C1CC1)c1cc(Cl)ccc1Cl. The minimum absolute atomic E-state index is 0.280. The van der Waals surface area contributed by atoms with E-state index in [-0.39, 0.29) is 6.04 Å². The van der Waals surface area contributed by atoms with E-state index in [2.05, 4.69) is 12.2 Å². The molecule has 1 atom stereocenters. The molecule has 0 spiro atoms. The van der Waals surface area contributed by atoms with Gasteiger partial charge >= 0.3 is 0 Å². The smallest absolute Gasteiger partial charge is 0.0454 e. The van der Waals surface area contributed by atoms with Crippen LogP contribution in [0.1, 0.15) is 44.2 Å². The zero-order valence-corrected chi connectivity index (χ0v) is 12.1. The summed E-state index contributed by atoms with van der Waals surface area (Å²) in [5, 5.41) is 5.35. The summed E-state index contributed by atoms with van der Waals surface area (Å²) in [7, 11) is 0. The summed E-state index contributed by atoms with van der Waals surface area (Å²) in [5.74, 6) is 1.80. The molecule has 0 heterocycles. The molecule has 0 amide bonds. The highest BCUT2D eigenvalue weighted by Crippen LogP contribution is 2.45. The van der Waals surface area contributed by atoms with Crippen LogP contribution in [0.4, 0.5) is 0 Å². The fraction of sp³-hybridized carbons (Fsp3) is 0.600. The second-order valence-corrected chi connectivity index (χ2v) is 6.60. The lowest BCUT2D eigenvalue weighted by molar-refractivity contribution is 0.377. The number of nitrogens with one attached hydrogen (secondary N) is 1. The molecule has 0 aromatic heterocycles. The van der Waals surface area contributed by atoms with E-state index in [1.807, 2.05) is 18.2 Å². The van der Waals surface area contributed by atoms with E-state index in [9.17, 15) is 0 Å². The Bertz CT molecular complexity index is 426. The number of hydrogen-bond donors (Lipinski definition) is 1. The summed E-state index contributed by atoms with van der Waals surface area (Å²) in [6.07, 6.45) is 5.57. The minimum atomic E-state index is 0.280. The number of halogens is 2. The quantitative estimate of drug-likeness (QED) is 0.816. The highest BCUT2D eigenvalue weighted by Gasteiger charge is 2.41. The summed E-state index contributed by atoms with van der Waals surface area (Å²) >= 11 is 12.3. The van der Waals surface area contributed by atoms with E-state index >= 15 is 0 Å². The molecule has 0 radical (unpaired) electrons. The Morgan fingerprint density at radius 2 is 1.72 bits per heavy atom. The minimum Gasteiger partial charge on any atom is -0.307 e. The molecule has 2 saturated carbocycles. The van der Waals surface area contributed by atoms with Crippen molar-refractivity contribution < 1.29 is 0 Å². The van der Waals surface area contributed by atoms with Crippen LogP contribution in [-0.4, -0.2) is 6.04 Å². The first-order chi connectivity index (χ1) is 8.65. The van der Waals surface area contributed by atoms with Crippen LogP contribution < -0.4 is 5.32 Å². The molecule has 1 nitrogen and oxygen atoms in total. The summed E-state index contributed by atoms with van der Waals surface area (Å²) in [5.41, 5.74) is 1.12. The average molecular weight is 284 g/mol. The zero-order valence-electron chi connectivity index (χ0n) is 10.6. The van der Waals surface area contributed by atoms with Crippen molar-refractivity contribution in [2.24, 2.45) is 11.8 Å². The molecular weight excluding hydrogens is 265 g/mol. The number of benzene rings is 1. The molecule has 18 heavy (non-hydrogen) atoms. The van der Waals surface area contributed by atoms with E-state index in [1.54, 1.807) is 0 Å². The Hall–Kier alpha value is -0.240.